The average molecular weight is 322 g/mol. The summed E-state index contributed by atoms with van der Waals surface area (Å²) < 4.78 is 11.6. The summed E-state index contributed by atoms with van der Waals surface area (Å²) in [6.45, 7) is 2.90. The van der Waals surface area contributed by atoms with Crippen LogP contribution in [0.3, 0.4) is 0 Å². The number of aromatic nitrogens is 2. The fraction of sp³-hybridized carbons (Fsp3) is 0.500. The molecule has 2 aliphatic rings. The third-order valence-electron chi connectivity index (χ3n) is 4.61. The predicted octanol–water partition coefficient (Wildman–Crippen LogP) is 3.92. The molecule has 0 amide bonds. The van der Waals surface area contributed by atoms with Crippen molar-refractivity contribution in [3.8, 4) is 23.3 Å². The predicted molar refractivity (Wildman–Crippen MR) is 91.4 cm³/mol. The van der Waals surface area contributed by atoms with Crippen molar-refractivity contribution in [2.24, 2.45) is 5.92 Å². The van der Waals surface area contributed by atoms with Gasteiger partial charge in [0, 0.05) is 23.7 Å². The zero-order valence-corrected chi connectivity index (χ0v) is 14.0. The molecule has 0 bridgehead atoms. The van der Waals surface area contributed by atoms with Crippen molar-refractivity contribution in [1.82, 2.24) is 10.2 Å². The first kappa shape index (κ1) is 15.4. The first-order valence-electron chi connectivity index (χ1n) is 8.84. The van der Waals surface area contributed by atoms with Gasteiger partial charge in [0.2, 0.25) is 11.8 Å². The third kappa shape index (κ3) is 3.68. The molecule has 1 aromatic carbocycles. The molecule has 1 aliphatic heterocycles. The Kier molecular flexibility index (Phi) is 4.36. The summed E-state index contributed by atoms with van der Waals surface area (Å²) in [5, 5.41) is 8.45. The Bertz CT molecular complexity index is 774. The van der Waals surface area contributed by atoms with Crippen LogP contribution in [0.2, 0.25) is 0 Å². The normalized spacial score (nSPS) is 20.5. The number of nitrogens with zero attached hydrogens (tertiary/aromatic N) is 2. The fourth-order valence-electron chi connectivity index (χ4n) is 2.95. The molecule has 1 aromatic heterocycles. The molecule has 0 N–H and O–H groups in total. The number of aryl methyl sites for hydroxylation is 1. The van der Waals surface area contributed by atoms with Gasteiger partial charge in [-0.2, -0.15) is 0 Å². The van der Waals surface area contributed by atoms with E-state index in [0.717, 1.165) is 36.1 Å². The monoisotopic (exact) mass is 322 g/mol. The largest absolute Gasteiger partial charge is 0.421 e. The standard InChI is InChI=1S/C20H22N2O2/c1-14-5-6-16(10-9-15-7-8-15)12-18(14)20-22-21-19(24-20)13-17-4-2-3-11-23-17/h5-6,12,15,17H,2-4,7-8,11,13H2,1H3. The minimum absolute atomic E-state index is 0.212. The molecule has 0 spiro atoms. The van der Waals surface area contributed by atoms with Gasteiger partial charge in [-0.3, -0.25) is 0 Å². The van der Waals surface area contributed by atoms with Crippen molar-refractivity contribution in [3.05, 3.63) is 35.2 Å². The minimum atomic E-state index is 0.212. The lowest BCUT2D eigenvalue weighted by Gasteiger charge is -2.20. The first-order valence-corrected chi connectivity index (χ1v) is 8.84. The lowest BCUT2D eigenvalue weighted by atomic mass is 10.0. The van der Waals surface area contributed by atoms with Gasteiger partial charge in [0.1, 0.15) is 0 Å². The van der Waals surface area contributed by atoms with Gasteiger partial charge in [-0.15, -0.1) is 10.2 Å². The number of rotatable bonds is 3. The maximum absolute atomic E-state index is 5.90. The number of hydrogen-bond donors (Lipinski definition) is 0. The molecule has 2 fully saturated rings. The quantitative estimate of drug-likeness (QED) is 0.804. The molecule has 0 radical (unpaired) electrons. The molecule has 124 valence electrons. The van der Waals surface area contributed by atoms with Crippen LogP contribution in [0.15, 0.2) is 22.6 Å². The van der Waals surface area contributed by atoms with E-state index in [-0.39, 0.29) is 6.10 Å². The Morgan fingerprint density at radius 1 is 1.17 bits per heavy atom. The second-order valence-corrected chi connectivity index (χ2v) is 6.77. The minimum Gasteiger partial charge on any atom is -0.421 e. The summed E-state index contributed by atoms with van der Waals surface area (Å²) in [5.74, 6) is 8.39. The summed E-state index contributed by atoms with van der Waals surface area (Å²) >= 11 is 0. The lowest BCUT2D eigenvalue weighted by molar-refractivity contribution is 0.0132. The molecule has 4 nitrogen and oxygen atoms in total. The summed E-state index contributed by atoms with van der Waals surface area (Å²) in [6.07, 6.45) is 6.83. The zero-order valence-electron chi connectivity index (χ0n) is 14.0. The van der Waals surface area contributed by atoms with Crippen LogP contribution in [0.1, 0.15) is 49.1 Å². The van der Waals surface area contributed by atoms with Crippen molar-refractivity contribution >= 4 is 0 Å². The van der Waals surface area contributed by atoms with E-state index in [4.69, 9.17) is 9.15 Å². The van der Waals surface area contributed by atoms with E-state index in [2.05, 4.69) is 47.2 Å². The topological polar surface area (TPSA) is 48.2 Å². The smallest absolute Gasteiger partial charge is 0.248 e. The third-order valence-corrected chi connectivity index (χ3v) is 4.61. The highest BCUT2D eigenvalue weighted by atomic mass is 16.5. The van der Waals surface area contributed by atoms with Crippen molar-refractivity contribution in [2.45, 2.75) is 51.6 Å². The van der Waals surface area contributed by atoms with Gasteiger partial charge in [0.25, 0.3) is 0 Å². The molecular weight excluding hydrogens is 300 g/mol. The lowest BCUT2D eigenvalue weighted by Crippen LogP contribution is -2.21. The van der Waals surface area contributed by atoms with Crippen LogP contribution in [0.25, 0.3) is 11.5 Å². The highest BCUT2D eigenvalue weighted by Crippen LogP contribution is 2.28. The molecule has 24 heavy (non-hydrogen) atoms. The highest BCUT2D eigenvalue weighted by Gasteiger charge is 2.19. The summed E-state index contributed by atoms with van der Waals surface area (Å²) in [5.41, 5.74) is 3.11. The van der Waals surface area contributed by atoms with E-state index in [9.17, 15) is 0 Å². The van der Waals surface area contributed by atoms with Crippen LogP contribution in [-0.4, -0.2) is 22.9 Å². The fourth-order valence-corrected chi connectivity index (χ4v) is 2.95. The van der Waals surface area contributed by atoms with E-state index < -0.39 is 0 Å². The van der Waals surface area contributed by atoms with Crippen molar-refractivity contribution in [3.63, 3.8) is 0 Å². The Morgan fingerprint density at radius 2 is 2.08 bits per heavy atom. The van der Waals surface area contributed by atoms with Gasteiger partial charge in [0.15, 0.2) is 0 Å². The van der Waals surface area contributed by atoms with Crippen LogP contribution in [0, 0.1) is 24.7 Å². The van der Waals surface area contributed by atoms with Gasteiger partial charge in [-0.05, 0) is 56.7 Å². The highest BCUT2D eigenvalue weighted by molar-refractivity contribution is 5.61. The Morgan fingerprint density at radius 3 is 2.88 bits per heavy atom. The van der Waals surface area contributed by atoms with Crippen LogP contribution in [-0.2, 0) is 11.2 Å². The van der Waals surface area contributed by atoms with Gasteiger partial charge >= 0.3 is 0 Å². The van der Waals surface area contributed by atoms with Crippen LogP contribution in [0.4, 0.5) is 0 Å². The summed E-state index contributed by atoms with van der Waals surface area (Å²) in [6, 6.07) is 6.18. The van der Waals surface area contributed by atoms with E-state index in [1.54, 1.807) is 0 Å². The van der Waals surface area contributed by atoms with Crippen LogP contribution < -0.4 is 0 Å². The molecule has 4 heteroatoms. The number of hydrogen-bond acceptors (Lipinski definition) is 4. The van der Waals surface area contributed by atoms with Crippen LogP contribution in [0.5, 0.6) is 0 Å². The Labute approximate surface area is 142 Å². The molecule has 1 saturated carbocycles. The molecule has 2 aromatic rings. The maximum Gasteiger partial charge on any atom is 0.248 e. The number of benzene rings is 1. The summed E-state index contributed by atoms with van der Waals surface area (Å²) in [4.78, 5) is 0. The van der Waals surface area contributed by atoms with E-state index in [1.165, 1.54) is 19.3 Å². The van der Waals surface area contributed by atoms with Gasteiger partial charge in [-0.25, -0.2) is 0 Å². The first-order chi connectivity index (χ1) is 11.8. The van der Waals surface area contributed by atoms with Gasteiger partial charge in [-0.1, -0.05) is 17.9 Å². The Balaban J connectivity index is 1.52. The van der Waals surface area contributed by atoms with Gasteiger partial charge < -0.3 is 9.15 Å². The average Bonchev–Trinajstić information content (AvgIpc) is 3.33. The van der Waals surface area contributed by atoms with Gasteiger partial charge in [0.05, 0.1) is 12.5 Å². The van der Waals surface area contributed by atoms with Crippen molar-refractivity contribution in [1.29, 1.82) is 0 Å². The maximum atomic E-state index is 5.90. The molecular formula is C20H22N2O2. The SMILES string of the molecule is Cc1ccc(C#CC2CC2)cc1-c1nnc(CC2CCCCO2)o1. The molecule has 1 unspecified atom stereocenters. The Hall–Kier alpha value is -2.12. The number of ether oxygens (including phenoxy) is 1. The zero-order chi connectivity index (χ0) is 16.4. The second kappa shape index (κ2) is 6.78. The summed E-state index contributed by atoms with van der Waals surface area (Å²) in [7, 11) is 0. The second-order valence-electron chi connectivity index (χ2n) is 6.77. The van der Waals surface area contributed by atoms with E-state index in [0.29, 0.717) is 24.1 Å². The van der Waals surface area contributed by atoms with Crippen molar-refractivity contribution in [2.75, 3.05) is 6.61 Å². The molecule has 2 heterocycles. The molecule has 1 saturated heterocycles. The van der Waals surface area contributed by atoms with E-state index >= 15 is 0 Å². The van der Waals surface area contributed by atoms with Crippen LogP contribution >= 0.6 is 0 Å². The van der Waals surface area contributed by atoms with Crippen molar-refractivity contribution < 1.29 is 9.15 Å². The molecule has 4 rings (SSSR count). The molecule has 1 atom stereocenters. The molecule has 1 aliphatic carbocycles. The van der Waals surface area contributed by atoms with E-state index in [1.807, 2.05) is 0 Å².